The second-order valence-corrected chi connectivity index (χ2v) is 7.86. The third-order valence-corrected chi connectivity index (χ3v) is 4.27. The quantitative estimate of drug-likeness (QED) is 0.834. The standard InChI is InChI=1S/C20H22ClN3O3/c1-20(2,3)27-19(26)23-17-11-15(21)10-16(22-17)18(25)24-9-8-13-6-4-5-7-14(13)12-24/h4-7,10-11H,8-9,12H2,1-3H3,(H,22,23,26). The van der Waals surface area contributed by atoms with Crippen LogP contribution in [0, 0.1) is 0 Å². The van der Waals surface area contributed by atoms with Crippen LogP contribution in [0.2, 0.25) is 5.02 Å². The zero-order chi connectivity index (χ0) is 19.6. The summed E-state index contributed by atoms with van der Waals surface area (Å²) in [5.74, 6) is -0.0447. The van der Waals surface area contributed by atoms with Gasteiger partial charge in [0.1, 0.15) is 17.1 Å². The fourth-order valence-electron chi connectivity index (χ4n) is 2.91. The predicted molar refractivity (Wildman–Crippen MR) is 104 cm³/mol. The summed E-state index contributed by atoms with van der Waals surface area (Å²) in [6, 6.07) is 11.1. The molecule has 0 aliphatic carbocycles. The van der Waals surface area contributed by atoms with E-state index in [1.54, 1.807) is 25.7 Å². The number of hydrogen-bond acceptors (Lipinski definition) is 4. The highest BCUT2D eigenvalue weighted by molar-refractivity contribution is 6.31. The van der Waals surface area contributed by atoms with E-state index in [2.05, 4.69) is 16.4 Å². The Labute approximate surface area is 163 Å². The van der Waals surface area contributed by atoms with Crippen molar-refractivity contribution in [2.24, 2.45) is 0 Å². The number of pyridine rings is 1. The first kappa shape index (κ1) is 19.2. The number of anilines is 1. The van der Waals surface area contributed by atoms with Gasteiger partial charge < -0.3 is 9.64 Å². The molecule has 0 spiro atoms. The van der Waals surface area contributed by atoms with E-state index in [-0.39, 0.29) is 17.4 Å². The van der Waals surface area contributed by atoms with Crippen molar-refractivity contribution in [3.05, 3.63) is 58.2 Å². The van der Waals surface area contributed by atoms with Crippen LogP contribution in [0.25, 0.3) is 0 Å². The molecule has 2 amide bonds. The molecule has 142 valence electrons. The molecule has 0 bridgehead atoms. The molecule has 0 radical (unpaired) electrons. The Morgan fingerprint density at radius 1 is 1.19 bits per heavy atom. The lowest BCUT2D eigenvalue weighted by Gasteiger charge is -2.28. The zero-order valence-corrected chi connectivity index (χ0v) is 16.3. The molecule has 0 unspecified atom stereocenters. The first-order chi connectivity index (χ1) is 12.7. The van der Waals surface area contributed by atoms with Gasteiger partial charge in [-0.3, -0.25) is 10.1 Å². The zero-order valence-electron chi connectivity index (χ0n) is 15.6. The van der Waals surface area contributed by atoms with Crippen molar-refractivity contribution in [1.82, 2.24) is 9.88 Å². The van der Waals surface area contributed by atoms with Gasteiger partial charge in [-0.1, -0.05) is 35.9 Å². The van der Waals surface area contributed by atoms with Crippen LogP contribution in [0.3, 0.4) is 0 Å². The minimum Gasteiger partial charge on any atom is -0.444 e. The second kappa shape index (κ2) is 7.56. The molecule has 2 heterocycles. The molecule has 0 atom stereocenters. The number of fused-ring (bicyclic) bond motifs is 1. The van der Waals surface area contributed by atoms with E-state index in [1.807, 2.05) is 18.2 Å². The van der Waals surface area contributed by atoms with E-state index in [1.165, 1.54) is 17.7 Å². The molecule has 7 heteroatoms. The third-order valence-electron chi connectivity index (χ3n) is 4.06. The molecular formula is C20H22ClN3O3. The summed E-state index contributed by atoms with van der Waals surface area (Å²) < 4.78 is 5.21. The van der Waals surface area contributed by atoms with Gasteiger partial charge in [0.15, 0.2) is 0 Å². The highest BCUT2D eigenvalue weighted by Gasteiger charge is 2.24. The van der Waals surface area contributed by atoms with E-state index in [4.69, 9.17) is 16.3 Å². The van der Waals surface area contributed by atoms with Crippen LogP contribution in [0.5, 0.6) is 0 Å². The van der Waals surface area contributed by atoms with Crippen LogP contribution < -0.4 is 5.32 Å². The van der Waals surface area contributed by atoms with E-state index >= 15 is 0 Å². The van der Waals surface area contributed by atoms with Gasteiger partial charge in [-0.25, -0.2) is 9.78 Å². The largest absolute Gasteiger partial charge is 0.444 e. The van der Waals surface area contributed by atoms with Crippen LogP contribution in [0.1, 0.15) is 42.4 Å². The van der Waals surface area contributed by atoms with E-state index < -0.39 is 11.7 Å². The SMILES string of the molecule is CC(C)(C)OC(=O)Nc1cc(Cl)cc(C(=O)N2CCc3ccccc3C2)n1. The van der Waals surface area contributed by atoms with E-state index in [0.717, 1.165) is 12.0 Å². The van der Waals surface area contributed by atoms with Gasteiger partial charge >= 0.3 is 6.09 Å². The number of ether oxygens (including phenoxy) is 1. The molecule has 1 aromatic heterocycles. The predicted octanol–water partition coefficient (Wildman–Crippen LogP) is 4.28. The smallest absolute Gasteiger partial charge is 0.413 e. The van der Waals surface area contributed by atoms with Gasteiger partial charge in [-0.15, -0.1) is 0 Å². The summed E-state index contributed by atoms with van der Waals surface area (Å²) >= 11 is 6.13. The maximum Gasteiger partial charge on any atom is 0.413 e. The molecule has 6 nitrogen and oxygen atoms in total. The number of carbonyl (C=O) groups is 2. The number of rotatable bonds is 2. The van der Waals surface area contributed by atoms with Gasteiger partial charge in [-0.05, 0) is 50.5 Å². The van der Waals surface area contributed by atoms with E-state index in [0.29, 0.717) is 18.1 Å². The summed E-state index contributed by atoms with van der Waals surface area (Å²) in [5, 5.41) is 2.84. The summed E-state index contributed by atoms with van der Waals surface area (Å²) in [5.41, 5.74) is 1.94. The van der Waals surface area contributed by atoms with Crippen LogP contribution in [-0.4, -0.2) is 34.0 Å². The van der Waals surface area contributed by atoms with Gasteiger partial charge in [0.2, 0.25) is 0 Å². The molecule has 1 aliphatic rings. The molecule has 0 saturated carbocycles. The lowest BCUT2D eigenvalue weighted by molar-refractivity contribution is 0.0633. The Hall–Kier alpha value is -2.60. The Morgan fingerprint density at radius 2 is 1.89 bits per heavy atom. The van der Waals surface area contributed by atoms with Crippen LogP contribution in [0.15, 0.2) is 36.4 Å². The Morgan fingerprint density at radius 3 is 2.59 bits per heavy atom. The van der Waals surface area contributed by atoms with Crippen LogP contribution >= 0.6 is 11.6 Å². The van der Waals surface area contributed by atoms with Crippen LogP contribution in [-0.2, 0) is 17.7 Å². The van der Waals surface area contributed by atoms with Crippen molar-refractivity contribution in [1.29, 1.82) is 0 Å². The van der Waals surface area contributed by atoms with Crippen LogP contribution in [0.4, 0.5) is 10.6 Å². The highest BCUT2D eigenvalue weighted by Crippen LogP contribution is 2.22. The number of amides is 2. The maximum atomic E-state index is 12.9. The van der Waals surface area contributed by atoms with Crippen molar-refractivity contribution < 1.29 is 14.3 Å². The first-order valence-electron chi connectivity index (χ1n) is 8.75. The van der Waals surface area contributed by atoms with Crippen molar-refractivity contribution in [2.45, 2.75) is 39.3 Å². The van der Waals surface area contributed by atoms with E-state index in [9.17, 15) is 9.59 Å². The topological polar surface area (TPSA) is 71.5 Å². The maximum absolute atomic E-state index is 12.9. The number of nitrogens with zero attached hydrogens (tertiary/aromatic N) is 2. The Bertz CT molecular complexity index is 877. The summed E-state index contributed by atoms with van der Waals surface area (Å²) in [6.45, 7) is 6.43. The number of nitrogens with one attached hydrogen (secondary N) is 1. The molecule has 1 N–H and O–H groups in total. The van der Waals surface area contributed by atoms with Crippen molar-refractivity contribution >= 4 is 29.4 Å². The molecule has 0 saturated heterocycles. The molecule has 1 aromatic carbocycles. The lowest BCUT2D eigenvalue weighted by Crippen LogP contribution is -2.36. The van der Waals surface area contributed by atoms with Crippen molar-refractivity contribution in [3.8, 4) is 0 Å². The van der Waals surface area contributed by atoms with Gasteiger partial charge in [0.25, 0.3) is 5.91 Å². The second-order valence-electron chi connectivity index (χ2n) is 7.43. The summed E-state index contributed by atoms with van der Waals surface area (Å²) in [4.78, 5) is 30.8. The molecule has 2 aromatic rings. The first-order valence-corrected chi connectivity index (χ1v) is 9.13. The number of hydrogen-bond donors (Lipinski definition) is 1. The fourth-order valence-corrected chi connectivity index (χ4v) is 3.12. The number of aromatic nitrogens is 1. The highest BCUT2D eigenvalue weighted by atomic mass is 35.5. The van der Waals surface area contributed by atoms with Gasteiger partial charge in [0, 0.05) is 18.1 Å². The van der Waals surface area contributed by atoms with Gasteiger partial charge in [0.05, 0.1) is 0 Å². The monoisotopic (exact) mass is 387 g/mol. The normalized spacial score (nSPS) is 13.7. The molecule has 27 heavy (non-hydrogen) atoms. The summed E-state index contributed by atoms with van der Waals surface area (Å²) in [7, 11) is 0. The fraction of sp³-hybridized carbons (Fsp3) is 0.350. The van der Waals surface area contributed by atoms with Crippen molar-refractivity contribution in [2.75, 3.05) is 11.9 Å². The Kier molecular flexibility index (Phi) is 5.37. The van der Waals surface area contributed by atoms with Crippen molar-refractivity contribution in [3.63, 3.8) is 0 Å². The molecule has 1 aliphatic heterocycles. The minimum atomic E-state index is -0.650. The Balaban J connectivity index is 1.76. The lowest BCUT2D eigenvalue weighted by atomic mass is 10.00. The summed E-state index contributed by atoms with van der Waals surface area (Å²) in [6.07, 6.45) is 0.147. The molecule has 3 rings (SSSR count). The molecule has 0 fully saturated rings. The average molecular weight is 388 g/mol. The minimum absolute atomic E-state index is 0.178. The molecular weight excluding hydrogens is 366 g/mol. The number of benzene rings is 1. The third kappa shape index (κ3) is 4.98. The average Bonchev–Trinajstić information content (AvgIpc) is 2.58. The van der Waals surface area contributed by atoms with Gasteiger partial charge in [-0.2, -0.15) is 0 Å². The number of carbonyl (C=O) groups excluding carboxylic acids is 2. The number of halogens is 1.